The number of ether oxygens (including phenoxy) is 2. The zero-order chi connectivity index (χ0) is 19.5. The molecule has 1 N–H and O–H groups in total. The first-order valence-corrected chi connectivity index (χ1v) is 9.54. The Morgan fingerprint density at radius 2 is 1.84 bits per heavy atom. The first-order chi connectivity index (χ1) is 11.8. The second kappa shape index (κ2) is 11.4. The molecule has 1 rings (SSSR count). The van der Waals surface area contributed by atoms with Gasteiger partial charge in [0.1, 0.15) is 5.54 Å². The van der Waals surface area contributed by atoms with Crippen LogP contribution in [0.2, 0.25) is 0 Å². The van der Waals surface area contributed by atoms with Gasteiger partial charge in [0.25, 0.3) is 0 Å². The van der Waals surface area contributed by atoms with Crippen molar-refractivity contribution in [3.63, 3.8) is 0 Å². The third-order valence-corrected chi connectivity index (χ3v) is 4.52. The van der Waals surface area contributed by atoms with Crippen LogP contribution >= 0.6 is 0 Å². The van der Waals surface area contributed by atoms with Crippen LogP contribution in [0.25, 0.3) is 0 Å². The largest absolute Gasteiger partial charge is 0.466 e. The summed E-state index contributed by atoms with van der Waals surface area (Å²) in [6.07, 6.45) is 4.57. The fraction of sp³-hybridized carbons (Fsp3) is 0.800. The van der Waals surface area contributed by atoms with Gasteiger partial charge in [-0.25, -0.2) is 0 Å². The number of esters is 1. The number of hydrogen-bond acceptors (Lipinski definition) is 5. The Labute approximate surface area is 153 Å². The maximum Gasteiger partial charge on any atom is 0.310 e. The normalized spacial score (nSPS) is 24.6. The van der Waals surface area contributed by atoms with Crippen molar-refractivity contribution in [2.75, 3.05) is 19.8 Å². The Bertz CT molecular complexity index is 429. The van der Waals surface area contributed by atoms with E-state index >= 15 is 0 Å². The van der Waals surface area contributed by atoms with Gasteiger partial charge in [-0.3, -0.25) is 9.59 Å². The number of carbonyl (C=O) groups excluding carboxylic acids is 2. The van der Waals surface area contributed by atoms with Crippen LogP contribution in [0.15, 0.2) is 12.7 Å². The lowest BCUT2D eigenvalue weighted by Crippen LogP contribution is -2.64. The van der Waals surface area contributed by atoms with Crippen molar-refractivity contribution in [1.82, 2.24) is 5.32 Å². The van der Waals surface area contributed by atoms with Crippen molar-refractivity contribution >= 4 is 11.8 Å². The number of carbonyl (C=O) groups is 2. The number of hydrogen-bond donors (Lipinski definition) is 1. The molecule has 1 saturated heterocycles. The third kappa shape index (κ3) is 5.65. The zero-order valence-electron chi connectivity index (χ0n) is 16.9. The molecule has 0 radical (unpaired) electrons. The second-order valence-electron chi connectivity index (χ2n) is 6.63. The maximum absolute atomic E-state index is 12.6. The van der Waals surface area contributed by atoms with E-state index in [1.807, 2.05) is 13.8 Å². The topological polar surface area (TPSA) is 64.6 Å². The molecule has 3 atom stereocenters. The third-order valence-electron chi connectivity index (χ3n) is 4.52. The molecule has 25 heavy (non-hydrogen) atoms. The van der Waals surface area contributed by atoms with Crippen LogP contribution < -0.4 is 5.32 Å². The van der Waals surface area contributed by atoms with Crippen LogP contribution in [-0.4, -0.2) is 42.7 Å². The highest BCUT2D eigenvalue weighted by atomic mass is 16.5. The molecule has 1 aliphatic rings. The van der Waals surface area contributed by atoms with Gasteiger partial charge in [-0.05, 0) is 39.7 Å². The van der Waals surface area contributed by atoms with Crippen LogP contribution in [0.5, 0.6) is 0 Å². The molecule has 0 bridgehead atoms. The summed E-state index contributed by atoms with van der Waals surface area (Å²) in [6.45, 7) is 16.9. The number of ketones is 1. The van der Waals surface area contributed by atoms with Crippen molar-refractivity contribution < 1.29 is 19.1 Å². The molecule has 1 aliphatic heterocycles. The summed E-state index contributed by atoms with van der Waals surface area (Å²) in [4.78, 5) is 24.7. The zero-order valence-corrected chi connectivity index (χ0v) is 16.9. The Hall–Kier alpha value is -1.20. The predicted molar refractivity (Wildman–Crippen MR) is 102 cm³/mol. The molecule has 1 heterocycles. The predicted octanol–water partition coefficient (Wildman–Crippen LogP) is 3.66. The average molecular weight is 356 g/mol. The lowest BCUT2D eigenvalue weighted by Gasteiger charge is -2.45. The molecule has 0 aliphatic carbocycles. The van der Waals surface area contributed by atoms with Gasteiger partial charge in [0.2, 0.25) is 0 Å². The van der Waals surface area contributed by atoms with E-state index in [1.54, 1.807) is 6.92 Å². The highest BCUT2D eigenvalue weighted by molar-refractivity contribution is 5.99. The number of nitrogens with one attached hydrogen (secondary N) is 1. The van der Waals surface area contributed by atoms with Gasteiger partial charge >= 0.3 is 5.97 Å². The van der Waals surface area contributed by atoms with Crippen molar-refractivity contribution in [2.45, 2.75) is 78.4 Å². The molecule has 0 spiro atoms. The summed E-state index contributed by atoms with van der Waals surface area (Å²) in [5.41, 5.74) is -1.60. The Morgan fingerprint density at radius 3 is 2.28 bits per heavy atom. The fourth-order valence-corrected chi connectivity index (χ4v) is 3.47. The van der Waals surface area contributed by atoms with Gasteiger partial charge in [-0.2, -0.15) is 0 Å². The molecule has 0 aromatic carbocycles. The van der Waals surface area contributed by atoms with Gasteiger partial charge in [-0.15, -0.1) is 0 Å². The summed E-state index contributed by atoms with van der Waals surface area (Å²) in [5.74, 6) is -0.715. The smallest absolute Gasteiger partial charge is 0.310 e. The molecule has 5 nitrogen and oxygen atoms in total. The molecule has 0 amide bonds. The molecule has 0 aromatic rings. The van der Waals surface area contributed by atoms with Crippen molar-refractivity contribution in [2.24, 2.45) is 5.92 Å². The first kappa shape index (κ1) is 23.8. The van der Waals surface area contributed by atoms with Gasteiger partial charge in [0.15, 0.2) is 5.78 Å². The van der Waals surface area contributed by atoms with Crippen molar-refractivity contribution in [3.05, 3.63) is 12.7 Å². The Morgan fingerprint density at radius 1 is 1.24 bits per heavy atom. The van der Waals surface area contributed by atoms with E-state index in [-0.39, 0.29) is 17.7 Å². The standard InChI is InChI=1S/C17H29NO4.C3H8/c1-6-10-16(5,22-9-4)17(14(19)7-2)11-13(12-18-17)15(20)21-8-3;1-3-2/h7,13,18H,2,6,8-12H2,1,3-5H3;3H2,1-2H3. The van der Waals surface area contributed by atoms with Crippen LogP contribution in [0.3, 0.4) is 0 Å². The van der Waals surface area contributed by atoms with Gasteiger partial charge in [0.05, 0.1) is 18.1 Å². The lowest BCUT2D eigenvalue weighted by atomic mass is 9.72. The van der Waals surface area contributed by atoms with Crippen LogP contribution in [0.4, 0.5) is 0 Å². The van der Waals surface area contributed by atoms with E-state index in [4.69, 9.17) is 9.47 Å². The van der Waals surface area contributed by atoms with E-state index in [0.717, 1.165) is 12.8 Å². The highest BCUT2D eigenvalue weighted by Crippen LogP contribution is 2.40. The SMILES string of the molecule is C=CC(=O)C1(C(C)(CCC)OCC)CC(C(=O)OCC)CN1.CCC. The first-order valence-electron chi connectivity index (χ1n) is 9.54. The van der Waals surface area contributed by atoms with Crippen LogP contribution in [0, 0.1) is 5.92 Å². The van der Waals surface area contributed by atoms with E-state index in [1.165, 1.54) is 12.5 Å². The van der Waals surface area contributed by atoms with Gasteiger partial charge in [0, 0.05) is 13.2 Å². The van der Waals surface area contributed by atoms with E-state index in [2.05, 4.69) is 32.7 Å². The summed E-state index contributed by atoms with van der Waals surface area (Å²) >= 11 is 0. The minimum absolute atomic E-state index is 0.122. The monoisotopic (exact) mass is 355 g/mol. The van der Waals surface area contributed by atoms with Crippen LogP contribution in [0.1, 0.15) is 67.2 Å². The molecular formula is C20H37NO4. The van der Waals surface area contributed by atoms with Crippen molar-refractivity contribution in [3.8, 4) is 0 Å². The maximum atomic E-state index is 12.6. The molecular weight excluding hydrogens is 318 g/mol. The molecule has 0 aromatic heterocycles. The van der Waals surface area contributed by atoms with Gasteiger partial charge in [-0.1, -0.05) is 40.2 Å². The van der Waals surface area contributed by atoms with Crippen molar-refractivity contribution in [1.29, 1.82) is 0 Å². The summed E-state index contributed by atoms with van der Waals surface area (Å²) in [5, 5.41) is 3.27. The quantitative estimate of drug-likeness (QED) is 0.505. The molecule has 5 heteroatoms. The number of rotatable bonds is 9. The Balaban J connectivity index is 0.00000178. The Kier molecular flexibility index (Phi) is 10.9. The summed E-state index contributed by atoms with van der Waals surface area (Å²) in [7, 11) is 0. The minimum Gasteiger partial charge on any atom is -0.466 e. The lowest BCUT2D eigenvalue weighted by molar-refractivity contribution is -0.149. The minimum atomic E-state index is -0.918. The molecule has 146 valence electrons. The van der Waals surface area contributed by atoms with Gasteiger partial charge < -0.3 is 14.8 Å². The second-order valence-corrected chi connectivity index (χ2v) is 6.63. The van der Waals surface area contributed by atoms with E-state index in [9.17, 15) is 9.59 Å². The molecule has 1 fully saturated rings. The highest BCUT2D eigenvalue weighted by Gasteiger charge is 2.57. The van der Waals surface area contributed by atoms with Crippen LogP contribution in [-0.2, 0) is 19.1 Å². The summed E-state index contributed by atoms with van der Waals surface area (Å²) in [6, 6.07) is 0. The average Bonchev–Trinajstić information content (AvgIpc) is 3.03. The van der Waals surface area contributed by atoms with E-state index in [0.29, 0.717) is 26.2 Å². The fourth-order valence-electron chi connectivity index (χ4n) is 3.47. The van der Waals surface area contributed by atoms with E-state index < -0.39 is 11.1 Å². The summed E-state index contributed by atoms with van der Waals surface area (Å²) < 4.78 is 11.1. The molecule has 0 saturated carbocycles. The molecule has 3 unspecified atom stereocenters.